The molecule has 0 aliphatic rings. The minimum atomic E-state index is -0.382. The zero-order valence-corrected chi connectivity index (χ0v) is 19.7. The predicted molar refractivity (Wildman–Crippen MR) is 136 cm³/mol. The summed E-state index contributed by atoms with van der Waals surface area (Å²) in [4.78, 5) is 31.4. The fourth-order valence-electron chi connectivity index (χ4n) is 4.28. The van der Waals surface area contributed by atoms with Crippen molar-refractivity contribution in [3.05, 3.63) is 117 Å². The van der Waals surface area contributed by atoms with Crippen LogP contribution < -0.4 is 21.2 Å². The SMILES string of the molecule is Cc1cccn2c(=O)c3cc(C(=O)NCCc4ccccc4)c(N)[n+](Cc4ccc(F)cc4)c3nc12. The molecule has 2 aromatic carbocycles. The number of halogens is 1. The molecular formula is C28H25FN5O2+. The van der Waals surface area contributed by atoms with Crippen LogP contribution in [-0.4, -0.2) is 21.8 Å². The average Bonchev–Trinajstić information content (AvgIpc) is 2.88. The van der Waals surface area contributed by atoms with Crippen LogP contribution in [0.5, 0.6) is 0 Å². The molecule has 0 unspecified atom stereocenters. The lowest BCUT2D eigenvalue weighted by atomic mass is 10.1. The van der Waals surface area contributed by atoms with E-state index in [1.807, 2.05) is 43.3 Å². The van der Waals surface area contributed by atoms with Gasteiger partial charge in [0.2, 0.25) is 11.5 Å². The molecule has 7 nitrogen and oxygen atoms in total. The highest BCUT2D eigenvalue weighted by Gasteiger charge is 2.25. The van der Waals surface area contributed by atoms with E-state index in [0.29, 0.717) is 24.3 Å². The van der Waals surface area contributed by atoms with Gasteiger partial charge in [-0.05, 0) is 48.7 Å². The average molecular weight is 483 g/mol. The zero-order valence-electron chi connectivity index (χ0n) is 19.7. The lowest BCUT2D eigenvalue weighted by Crippen LogP contribution is -2.43. The normalized spacial score (nSPS) is 11.2. The fourth-order valence-corrected chi connectivity index (χ4v) is 4.28. The van der Waals surface area contributed by atoms with E-state index in [9.17, 15) is 14.0 Å². The Balaban J connectivity index is 1.61. The second-order valence-corrected chi connectivity index (χ2v) is 8.69. The molecule has 1 amide bonds. The summed E-state index contributed by atoms with van der Waals surface area (Å²) < 4.78 is 16.6. The number of carbonyl (C=O) groups is 1. The first kappa shape index (κ1) is 23.2. The second kappa shape index (κ2) is 9.58. The largest absolute Gasteiger partial charge is 0.351 e. The highest BCUT2D eigenvalue weighted by atomic mass is 19.1. The summed E-state index contributed by atoms with van der Waals surface area (Å²) in [6.07, 6.45) is 2.31. The van der Waals surface area contributed by atoms with E-state index >= 15 is 0 Å². The number of aryl methyl sites for hydroxylation is 1. The third-order valence-electron chi connectivity index (χ3n) is 6.22. The molecule has 0 saturated heterocycles. The number of amides is 1. The first-order valence-electron chi connectivity index (χ1n) is 11.6. The van der Waals surface area contributed by atoms with Crippen molar-refractivity contribution in [1.82, 2.24) is 14.7 Å². The van der Waals surface area contributed by atoms with Gasteiger partial charge in [0.15, 0.2) is 0 Å². The van der Waals surface area contributed by atoms with E-state index in [-0.39, 0.29) is 40.6 Å². The Bertz CT molecular complexity index is 1650. The van der Waals surface area contributed by atoms with E-state index in [2.05, 4.69) is 5.32 Å². The summed E-state index contributed by atoms with van der Waals surface area (Å²) in [5.74, 6) is -0.563. The molecule has 5 rings (SSSR count). The smallest absolute Gasteiger partial charge is 0.278 e. The molecular weight excluding hydrogens is 457 g/mol. The molecule has 36 heavy (non-hydrogen) atoms. The van der Waals surface area contributed by atoms with E-state index in [1.54, 1.807) is 29.0 Å². The van der Waals surface area contributed by atoms with Crippen LogP contribution in [0.2, 0.25) is 0 Å². The summed E-state index contributed by atoms with van der Waals surface area (Å²) in [5.41, 5.74) is 9.94. The van der Waals surface area contributed by atoms with Crippen LogP contribution in [0.4, 0.5) is 10.2 Å². The van der Waals surface area contributed by atoms with Gasteiger partial charge in [0.1, 0.15) is 16.8 Å². The maximum absolute atomic E-state index is 13.5. The number of carbonyl (C=O) groups excluding carboxylic acids is 1. The second-order valence-electron chi connectivity index (χ2n) is 8.69. The van der Waals surface area contributed by atoms with Crippen molar-refractivity contribution in [3.8, 4) is 0 Å². The molecule has 8 heteroatoms. The van der Waals surface area contributed by atoms with Gasteiger partial charge in [-0.3, -0.25) is 14.0 Å². The number of nitrogens with one attached hydrogen (secondary N) is 1. The summed E-state index contributed by atoms with van der Waals surface area (Å²) in [5, 5.41) is 3.17. The molecule has 0 atom stereocenters. The molecule has 0 saturated carbocycles. The van der Waals surface area contributed by atoms with Gasteiger partial charge in [0.05, 0.1) is 6.54 Å². The van der Waals surface area contributed by atoms with Gasteiger partial charge in [-0.15, -0.1) is 0 Å². The molecule has 0 bridgehead atoms. The molecule has 3 heterocycles. The molecule has 3 aromatic heterocycles. The Hall–Kier alpha value is -4.59. The Morgan fingerprint density at radius 1 is 1.06 bits per heavy atom. The lowest BCUT2D eigenvalue weighted by molar-refractivity contribution is -0.649. The number of benzene rings is 2. The van der Waals surface area contributed by atoms with Gasteiger partial charge in [-0.2, -0.15) is 0 Å². The molecule has 0 fully saturated rings. The quantitative estimate of drug-likeness (QED) is 0.287. The monoisotopic (exact) mass is 482 g/mol. The fraction of sp³-hybridized carbons (Fsp3) is 0.143. The van der Waals surface area contributed by atoms with Crippen molar-refractivity contribution in [2.75, 3.05) is 12.3 Å². The topological polar surface area (TPSA) is 93.4 Å². The molecule has 180 valence electrons. The lowest BCUT2D eigenvalue weighted by Gasteiger charge is -2.13. The van der Waals surface area contributed by atoms with Gasteiger partial charge in [0, 0.05) is 18.3 Å². The number of hydrogen-bond donors (Lipinski definition) is 2. The van der Waals surface area contributed by atoms with Crippen molar-refractivity contribution >= 4 is 28.4 Å². The molecule has 3 N–H and O–H groups in total. The number of aromatic nitrogens is 3. The van der Waals surface area contributed by atoms with Crippen LogP contribution in [-0.2, 0) is 13.0 Å². The molecule has 5 aromatic rings. The Morgan fingerprint density at radius 2 is 1.81 bits per heavy atom. The van der Waals surface area contributed by atoms with Crippen molar-refractivity contribution in [2.45, 2.75) is 19.9 Å². The minimum Gasteiger partial charge on any atom is -0.351 e. The van der Waals surface area contributed by atoms with E-state index in [1.165, 1.54) is 22.6 Å². The van der Waals surface area contributed by atoms with E-state index in [4.69, 9.17) is 10.7 Å². The van der Waals surface area contributed by atoms with Crippen LogP contribution in [0.15, 0.2) is 83.8 Å². The van der Waals surface area contributed by atoms with Crippen LogP contribution in [0.3, 0.4) is 0 Å². The Morgan fingerprint density at radius 3 is 2.56 bits per heavy atom. The van der Waals surface area contributed by atoms with Crippen LogP contribution in [0, 0.1) is 12.7 Å². The number of anilines is 1. The molecule has 0 spiro atoms. The number of fused-ring (bicyclic) bond motifs is 2. The molecule has 0 aliphatic heterocycles. The molecule has 0 aliphatic carbocycles. The number of hydrogen-bond acceptors (Lipinski definition) is 4. The number of nitrogens with zero attached hydrogens (tertiary/aromatic N) is 3. The van der Waals surface area contributed by atoms with Gasteiger partial charge in [-0.25, -0.2) is 8.96 Å². The third-order valence-corrected chi connectivity index (χ3v) is 6.22. The van der Waals surface area contributed by atoms with Crippen LogP contribution >= 0.6 is 0 Å². The summed E-state index contributed by atoms with van der Waals surface area (Å²) >= 11 is 0. The number of pyridine rings is 2. The third kappa shape index (κ3) is 4.40. The van der Waals surface area contributed by atoms with Crippen molar-refractivity contribution in [2.24, 2.45) is 0 Å². The van der Waals surface area contributed by atoms with Crippen molar-refractivity contribution in [3.63, 3.8) is 0 Å². The van der Waals surface area contributed by atoms with Gasteiger partial charge >= 0.3 is 0 Å². The van der Waals surface area contributed by atoms with Gasteiger partial charge in [0.25, 0.3) is 17.1 Å². The summed E-state index contributed by atoms with van der Waals surface area (Å²) in [6, 6.07) is 21.0. The van der Waals surface area contributed by atoms with Crippen LogP contribution in [0.1, 0.15) is 27.0 Å². The van der Waals surface area contributed by atoms with Crippen LogP contribution in [0.25, 0.3) is 16.7 Å². The minimum absolute atomic E-state index is 0.175. The Kier molecular flexibility index (Phi) is 6.16. The van der Waals surface area contributed by atoms with Gasteiger partial charge < -0.3 is 11.1 Å². The van der Waals surface area contributed by atoms with Gasteiger partial charge in [-0.1, -0.05) is 53.5 Å². The maximum atomic E-state index is 13.5. The van der Waals surface area contributed by atoms with Crippen molar-refractivity contribution < 1.29 is 13.8 Å². The molecule has 0 radical (unpaired) electrons. The van der Waals surface area contributed by atoms with E-state index < -0.39 is 0 Å². The summed E-state index contributed by atoms with van der Waals surface area (Å²) in [6.45, 7) is 2.49. The van der Waals surface area contributed by atoms with Crippen molar-refractivity contribution in [1.29, 1.82) is 0 Å². The number of nitrogen functional groups attached to an aromatic ring is 1. The maximum Gasteiger partial charge on any atom is 0.278 e. The first-order chi connectivity index (χ1) is 17.4. The zero-order chi connectivity index (χ0) is 25.2. The highest BCUT2D eigenvalue weighted by molar-refractivity contribution is 6.00. The number of nitrogens with two attached hydrogens (primary N) is 1. The summed E-state index contributed by atoms with van der Waals surface area (Å²) in [7, 11) is 0. The standard InChI is InChI=1S/C28H24FN5O2/c1-18-6-5-15-33-25(18)32-26-23(28(33)36)16-22(27(35)31-14-13-19-7-3-2-4-8-19)24(30)34(26)17-20-9-11-21(29)12-10-20/h2-12,15-16,30H,13-14,17H2,1H3,(H,31,35)/p+1. The highest BCUT2D eigenvalue weighted by Crippen LogP contribution is 2.17. The van der Waals surface area contributed by atoms with E-state index in [0.717, 1.165) is 16.7 Å². The first-order valence-corrected chi connectivity index (χ1v) is 11.6. The Labute approximate surface area is 206 Å². The predicted octanol–water partition coefficient (Wildman–Crippen LogP) is 3.19. The number of rotatable bonds is 6.